The first-order chi connectivity index (χ1) is 9.04. The van der Waals surface area contributed by atoms with Crippen molar-refractivity contribution in [1.29, 1.82) is 0 Å². The van der Waals surface area contributed by atoms with Crippen molar-refractivity contribution in [3.05, 3.63) is 11.8 Å². The van der Waals surface area contributed by atoms with Crippen LogP contribution in [0.25, 0.3) is 0 Å². The molecule has 20 heavy (non-hydrogen) atoms. The van der Waals surface area contributed by atoms with Crippen molar-refractivity contribution in [3.63, 3.8) is 0 Å². The summed E-state index contributed by atoms with van der Waals surface area (Å²) in [5.41, 5.74) is 2.82. The minimum absolute atomic E-state index is 0.0952. The van der Waals surface area contributed by atoms with Crippen LogP contribution in [-0.2, 0) is 4.79 Å². The Morgan fingerprint density at radius 1 is 1.15 bits per heavy atom. The number of carbonyl (C=O) groups excluding carboxylic acids is 1. The second-order valence-electron chi connectivity index (χ2n) is 8.99. The lowest BCUT2D eigenvalue weighted by atomic mass is 9.58. The summed E-state index contributed by atoms with van der Waals surface area (Å²) in [4.78, 5) is 12.7. The average molecular weight is 293 g/mol. The van der Waals surface area contributed by atoms with E-state index in [1.54, 1.807) is 0 Å². The number of carbonyl (C=O) groups is 1. The van der Waals surface area contributed by atoms with Gasteiger partial charge in [-0.1, -0.05) is 58.6 Å². The first-order valence-electron chi connectivity index (χ1n) is 8.25. The highest BCUT2D eigenvalue weighted by Crippen LogP contribution is 2.69. The second kappa shape index (κ2) is 4.83. The molecule has 2 aliphatic carbocycles. The zero-order chi connectivity index (χ0) is 15.2. The number of Topliss-reactive ketones (excluding diaryl/α,β-unsaturated/α-hetero) is 1. The molecule has 0 aliphatic heterocycles. The highest BCUT2D eigenvalue weighted by atomic mass is 28.3. The summed E-state index contributed by atoms with van der Waals surface area (Å²) >= 11 is 0. The molecule has 0 spiro atoms. The third-order valence-electron chi connectivity index (χ3n) is 6.55. The van der Waals surface area contributed by atoms with Gasteiger partial charge in [-0.15, -0.1) is 0 Å². The van der Waals surface area contributed by atoms with Crippen molar-refractivity contribution < 1.29 is 4.79 Å². The minimum Gasteiger partial charge on any atom is -0.299 e. The van der Waals surface area contributed by atoms with Crippen LogP contribution in [0.5, 0.6) is 0 Å². The Kier molecular flexibility index (Phi) is 3.86. The lowest BCUT2D eigenvalue weighted by molar-refractivity contribution is -0.129. The smallest absolute Gasteiger partial charge is 0.139 e. The maximum atomic E-state index is 12.7. The van der Waals surface area contributed by atoms with Gasteiger partial charge in [-0.05, 0) is 36.5 Å². The van der Waals surface area contributed by atoms with Gasteiger partial charge in [-0.2, -0.15) is 0 Å². The molecule has 0 aromatic heterocycles. The van der Waals surface area contributed by atoms with Crippen molar-refractivity contribution in [3.8, 4) is 0 Å². The zero-order valence-corrected chi connectivity index (χ0v) is 15.3. The molecule has 0 radical (unpaired) electrons. The normalized spacial score (nSPS) is 41.6. The SMILES string of the molecule is C[C@@]12CCC[C@]1(C)[C@](C)(CC/C=C/[Si](C)(C)C)C(=O)C2. The summed E-state index contributed by atoms with van der Waals surface area (Å²) < 4.78 is 0. The topological polar surface area (TPSA) is 17.1 Å². The Balaban J connectivity index is 2.13. The number of hydrogen-bond acceptors (Lipinski definition) is 1. The van der Waals surface area contributed by atoms with Gasteiger partial charge in [0, 0.05) is 11.8 Å². The summed E-state index contributed by atoms with van der Waals surface area (Å²) in [5.74, 6) is 0.531. The van der Waals surface area contributed by atoms with Gasteiger partial charge in [-0.3, -0.25) is 4.79 Å². The van der Waals surface area contributed by atoms with Crippen molar-refractivity contribution in [2.75, 3.05) is 0 Å². The summed E-state index contributed by atoms with van der Waals surface area (Å²) in [6, 6.07) is 0. The van der Waals surface area contributed by atoms with Crippen LogP contribution in [0.3, 0.4) is 0 Å². The molecule has 2 aliphatic rings. The summed E-state index contributed by atoms with van der Waals surface area (Å²) in [6.45, 7) is 14.1. The Bertz CT molecular complexity index is 433. The first kappa shape index (κ1) is 16.0. The van der Waals surface area contributed by atoms with E-state index in [-0.39, 0.29) is 16.2 Å². The van der Waals surface area contributed by atoms with E-state index in [2.05, 4.69) is 52.2 Å². The molecule has 0 unspecified atom stereocenters. The summed E-state index contributed by atoms with van der Waals surface area (Å²) in [6.07, 6.45) is 9.06. The number of fused-ring (bicyclic) bond motifs is 1. The van der Waals surface area contributed by atoms with Crippen LogP contribution in [0, 0.1) is 16.2 Å². The van der Waals surface area contributed by atoms with E-state index in [0.717, 1.165) is 19.3 Å². The minimum atomic E-state index is -1.10. The monoisotopic (exact) mass is 292 g/mol. The largest absolute Gasteiger partial charge is 0.299 e. The highest BCUT2D eigenvalue weighted by Gasteiger charge is 2.66. The standard InChI is InChI=1S/C18H32OSi/c1-16-10-9-12-18(16,3)17(2,15(19)14-16)11-7-8-13-20(4,5)6/h8,13H,7,9-12,14H2,1-6H3/b13-8+/t16-,17+,18-/m0/s1. The van der Waals surface area contributed by atoms with Crippen LogP contribution < -0.4 is 0 Å². The van der Waals surface area contributed by atoms with E-state index in [0.29, 0.717) is 5.78 Å². The average Bonchev–Trinajstić information content (AvgIpc) is 2.66. The molecular weight excluding hydrogens is 260 g/mol. The number of allylic oxidation sites excluding steroid dienone is 1. The predicted octanol–water partition coefficient (Wildman–Crippen LogP) is 5.38. The van der Waals surface area contributed by atoms with Gasteiger partial charge in [0.25, 0.3) is 0 Å². The van der Waals surface area contributed by atoms with Crippen LogP contribution >= 0.6 is 0 Å². The second-order valence-corrected chi connectivity index (χ2v) is 14.1. The van der Waals surface area contributed by atoms with E-state index in [1.807, 2.05) is 0 Å². The van der Waals surface area contributed by atoms with Crippen LogP contribution in [0.15, 0.2) is 11.8 Å². The van der Waals surface area contributed by atoms with E-state index >= 15 is 0 Å². The Hall–Kier alpha value is -0.373. The maximum absolute atomic E-state index is 12.7. The van der Waals surface area contributed by atoms with E-state index in [1.165, 1.54) is 19.3 Å². The van der Waals surface area contributed by atoms with Gasteiger partial charge in [0.1, 0.15) is 5.78 Å². The summed E-state index contributed by atoms with van der Waals surface area (Å²) in [7, 11) is -1.10. The quantitative estimate of drug-likeness (QED) is 0.636. The van der Waals surface area contributed by atoms with Crippen molar-refractivity contribution >= 4 is 13.9 Å². The van der Waals surface area contributed by atoms with Crippen LogP contribution in [-0.4, -0.2) is 13.9 Å². The molecule has 2 rings (SSSR count). The predicted molar refractivity (Wildman–Crippen MR) is 89.5 cm³/mol. The molecule has 1 nitrogen and oxygen atoms in total. The van der Waals surface area contributed by atoms with E-state index in [4.69, 9.17) is 0 Å². The van der Waals surface area contributed by atoms with Crippen molar-refractivity contribution in [2.24, 2.45) is 16.2 Å². The molecule has 0 bridgehead atoms. The van der Waals surface area contributed by atoms with Crippen LogP contribution in [0.1, 0.15) is 59.3 Å². The molecule has 0 N–H and O–H groups in total. The molecule has 0 aromatic carbocycles. The fraction of sp³-hybridized carbons (Fsp3) is 0.833. The number of ketones is 1. The van der Waals surface area contributed by atoms with Crippen molar-refractivity contribution in [1.82, 2.24) is 0 Å². The van der Waals surface area contributed by atoms with Gasteiger partial charge < -0.3 is 0 Å². The molecule has 0 heterocycles. The molecular formula is C18H32OSi. The fourth-order valence-corrected chi connectivity index (χ4v) is 5.59. The fourth-order valence-electron chi connectivity index (χ4n) is 4.72. The summed E-state index contributed by atoms with van der Waals surface area (Å²) in [5, 5.41) is 0. The first-order valence-corrected chi connectivity index (χ1v) is 11.8. The number of hydrogen-bond donors (Lipinski definition) is 0. The third kappa shape index (κ3) is 2.34. The lowest BCUT2D eigenvalue weighted by Gasteiger charge is -2.44. The van der Waals surface area contributed by atoms with Gasteiger partial charge in [0.05, 0.1) is 8.07 Å². The highest BCUT2D eigenvalue weighted by molar-refractivity contribution is 6.80. The Labute approximate surface area is 126 Å². The molecule has 2 saturated carbocycles. The molecule has 2 fully saturated rings. The number of rotatable bonds is 4. The van der Waals surface area contributed by atoms with Gasteiger partial charge >= 0.3 is 0 Å². The Morgan fingerprint density at radius 3 is 2.40 bits per heavy atom. The lowest BCUT2D eigenvalue weighted by Crippen LogP contribution is -2.41. The molecule has 0 amide bonds. The zero-order valence-electron chi connectivity index (χ0n) is 14.3. The van der Waals surface area contributed by atoms with Crippen LogP contribution in [0.2, 0.25) is 19.6 Å². The molecule has 0 aromatic rings. The van der Waals surface area contributed by atoms with E-state index in [9.17, 15) is 4.79 Å². The van der Waals surface area contributed by atoms with Crippen molar-refractivity contribution in [2.45, 2.75) is 78.9 Å². The molecule has 2 heteroatoms. The van der Waals surface area contributed by atoms with Gasteiger partial charge in [0.15, 0.2) is 0 Å². The third-order valence-corrected chi connectivity index (χ3v) is 7.79. The van der Waals surface area contributed by atoms with E-state index < -0.39 is 8.07 Å². The van der Waals surface area contributed by atoms with Gasteiger partial charge in [-0.25, -0.2) is 0 Å². The molecule has 114 valence electrons. The Morgan fingerprint density at radius 2 is 1.80 bits per heavy atom. The van der Waals surface area contributed by atoms with Gasteiger partial charge in [0.2, 0.25) is 0 Å². The maximum Gasteiger partial charge on any atom is 0.139 e. The van der Waals surface area contributed by atoms with Crippen LogP contribution in [0.4, 0.5) is 0 Å². The molecule has 3 atom stereocenters. The molecule has 0 saturated heterocycles.